The van der Waals surface area contributed by atoms with E-state index < -0.39 is 0 Å². The molecule has 0 bridgehead atoms. The van der Waals surface area contributed by atoms with Gasteiger partial charge in [0.25, 0.3) is 5.91 Å². The van der Waals surface area contributed by atoms with E-state index in [1.165, 1.54) is 0 Å². The van der Waals surface area contributed by atoms with E-state index in [2.05, 4.69) is 17.0 Å². The van der Waals surface area contributed by atoms with Crippen LogP contribution in [0.4, 0.5) is 0 Å². The Balaban J connectivity index is 1.77. The molecular formula is C11H18N4O2. The molecule has 1 saturated heterocycles. The van der Waals surface area contributed by atoms with Crippen LogP contribution >= 0.6 is 0 Å². The molecule has 0 aromatic carbocycles. The number of aryl methyl sites for hydroxylation is 1. The fourth-order valence-corrected chi connectivity index (χ4v) is 1.77. The molecule has 1 aliphatic heterocycles. The van der Waals surface area contributed by atoms with E-state index in [-0.39, 0.29) is 12.5 Å². The molecule has 1 aliphatic rings. The van der Waals surface area contributed by atoms with Crippen LogP contribution in [0.15, 0.2) is 12.4 Å². The molecule has 0 unspecified atom stereocenters. The summed E-state index contributed by atoms with van der Waals surface area (Å²) in [4.78, 5) is 15.9. The minimum absolute atomic E-state index is 0.0435. The van der Waals surface area contributed by atoms with Gasteiger partial charge in [-0.1, -0.05) is 0 Å². The molecule has 0 spiro atoms. The van der Waals surface area contributed by atoms with Crippen molar-refractivity contribution in [2.24, 2.45) is 7.05 Å². The molecule has 2 heterocycles. The van der Waals surface area contributed by atoms with Gasteiger partial charge in [0, 0.05) is 33.2 Å². The Kier molecular flexibility index (Phi) is 3.63. The molecule has 0 saturated carbocycles. The molecule has 94 valence electrons. The number of likely N-dealkylation sites (N-methyl/N-ethyl adjacent to an activating group) is 1. The van der Waals surface area contributed by atoms with Crippen LogP contribution in [0.1, 0.15) is 0 Å². The number of nitrogens with zero attached hydrogens (tertiary/aromatic N) is 4. The molecule has 6 heteroatoms. The van der Waals surface area contributed by atoms with Crippen LogP contribution in [0.2, 0.25) is 0 Å². The molecule has 1 aromatic rings. The maximum atomic E-state index is 11.8. The summed E-state index contributed by atoms with van der Waals surface area (Å²) in [6.07, 6.45) is 3.36. The molecule has 1 amide bonds. The van der Waals surface area contributed by atoms with Crippen molar-refractivity contribution in [2.75, 3.05) is 39.8 Å². The predicted octanol–water partition coefficient (Wildman–Crippen LogP) is -0.427. The maximum absolute atomic E-state index is 11.8. The van der Waals surface area contributed by atoms with Gasteiger partial charge in [-0.2, -0.15) is 5.10 Å². The van der Waals surface area contributed by atoms with Gasteiger partial charge in [-0.15, -0.1) is 0 Å². The first-order valence-electron chi connectivity index (χ1n) is 5.73. The van der Waals surface area contributed by atoms with E-state index in [4.69, 9.17) is 4.74 Å². The van der Waals surface area contributed by atoms with Gasteiger partial charge in [0.2, 0.25) is 0 Å². The fraction of sp³-hybridized carbons (Fsp3) is 0.636. The Morgan fingerprint density at radius 3 is 2.65 bits per heavy atom. The normalized spacial score (nSPS) is 17.2. The van der Waals surface area contributed by atoms with Crippen LogP contribution in [-0.2, 0) is 11.8 Å². The monoisotopic (exact) mass is 238 g/mol. The molecule has 6 nitrogen and oxygen atoms in total. The summed E-state index contributed by atoms with van der Waals surface area (Å²) < 4.78 is 7.03. The lowest BCUT2D eigenvalue weighted by atomic mass is 10.3. The summed E-state index contributed by atoms with van der Waals surface area (Å²) in [5, 5.41) is 3.98. The van der Waals surface area contributed by atoms with Gasteiger partial charge >= 0.3 is 0 Å². The van der Waals surface area contributed by atoms with Gasteiger partial charge in [-0.3, -0.25) is 9.48 Å². The Hall–Kier alpha value is -1.56. The highest BCUT2D eigenvalue weighted by atomic mass is 16.5. The van der Waals surface area contributed by atoms with E-state index in [0.29, 0.717) is 5.75 Å². The van der Waals surface area contributed by atoms with Crippen molar-refractivity contribution in [3.63, 3.8) is 0 Å². The van der Waals surface area contributed by atoms with Gasteiger partial charge in [0.1, 0.15) is 0 Å². The highest BCUT2D eigenvalue weighted by Crippen LogP contribution is 2.07. The lowest BCUT2D eigenvalue weighted by Gasteiger charge is -2.32. The average molecular weight is 238 g/mol. The number of carbonyl (C=O) groups excluding carboxylic acids is 1. The van der Waals surface area contributed by atoms with Crippen LogP contribution < -0.4 is 4.74 Å². The Morgan fingerprint density at radius 1 is 1.35 bits per heavy atom. The second-order valence-electron chi connectivity index (χ2n) is 4.32. The highest BCUT2D eigenvalue weighted by molar-refractivity contribution is 5.77. The SMILES string of the molecule is CN1CCN(C(=O)COc2cnn(C)c2)CC1. The summed E-state index contributed by atoms with van der Waals surface area (Å²) in [6, 6.07) is 0. The quantitative estimate of drug-likeness (QED) is 0.717. The van der Waals surface area contributed by atoms with Crippen LogP contribution in [0, 0.1) is 0 Å². The van der Waals surface area contributed by atoms with E-state index in [0.717, 1.165) is 26.2 Å². The maximum Gasteiger partial charge on any atom is 0.260 e. The van der Waals surface area contributed by atoms with E-state index in [9.17, 15) is 4.79 Å². The van der Waals surface area contributed by atoms with Gasteiger partial charge in [0.05, 0.1) is 12.4 Å². The summed E-state index contributed by atoms with van der Waals surface area (Å²) >= 11 is 0. The smallest absolute Gasteiger partial charge is 0.260 e. The van der Waals surface area contributed by atoms with Crippen LogP contribution in [-0.4, -0.2) is 65.3 Å². The molecule has 17 heavy (non-hydrogen) atoms. The first-order valence-corrected chi connectivity index (χ1v) is 5.73. The van der Waals surface area contributed by atoms with Crippen molar-refractivity contribution in [1.82, 2.24) is 19.6 Å². The Morgan fingerprint density at radius 2 is 2.06 bits per heavy atom. The summed E-state index contributed by atoms with van der Waals surface area (Å²) in [7, 11) is 3.88. The number of carbonyl (C=O) groups is 1. The van der Waals surface area contributed by atoms with Crippen LogP contribution in [0.5, 0.6) is 5.75 Å². The molecular weight excluding hydrogens is 220 g/mol. The average Bonchev–Trinajstić information content (AvgIpc) is 2.73. The lowest BCUT2D eigenvalue weighted by Crippen LogP contribution is -2.48. The number of piperazine rings is 1. The van der Waals surface area contributed by atoms with Crippen LogP contribution in [0.3, 0.4) is 0 Å². The van der Waals surface area contributed by atoms with Crippen molar-refractivity contribution in [3.8, 4) is 5.75 Å². The summed E-state index contributed by atoms with van der Waals surface area (Å²) in [6.45, 7) is 3.52. The fourth-order valence-electron chi connectivity index (χ4n) is 1.77. The molecule has 0 N–H and O–H groups in total. The zero-order valence-corrected chi connectivity index (χ0v) is 10.3. The number of ether oxygens (including phenoxy) is 1. The largest absolute Gasteiger partial charge is 0.480 e. The number of hydrogen-bond acceptors (Lipinski definition) is 4. The number of aromatic nitrogens is 2. The zero-order chi connectivity index (χ0) is 12.3. The van der Waals surface area contributed by atoms with Crippen molar-refractivity contribution in [1.29, 1.82) is 0 Å². The van der Waals surface area contributed by atoms with Gasteiger partial charge < -0.3 is 14.5 Å². The van der Waals surface area contributed by atoms with Crippen molar-refractivity contribution in [2.45, 2.75) is 0 Å². The van der Waals surface area contributed by atoms with Gasteiger partial charge in [-0.05, 0) is 7.05 Å². The van der Waals surface area contributed by atoms with Crippen molar-refractivity contribution in [3.05, 3.63) is 12.4 Å². The minimum atomic E-state index is 0.0435. The van der Waals surface area contributed by atoms with Crippen molar-refractivity contribution >= 4 is 5.91 Å². The summed E-state index contributed by atoms with van der Waals surface area (Å²) in [5.41, 5.74) is 0. The number of hydrogen-bond donors (Lipinski definition) is 0. The molecule has 0 aliphatic carbocycles. The summed E-state index contributed by atoms with van der Waals surface area (Å²) in [5.74, 6) is 0.678. The third-order valence-corrected chi connectivity index (χ3v) is 2.90. The molecule has 0 atom stereocenters. The number of amides is 1. The molecule has 0 radical (unpaired) electrons. The predicted molar refractivity (Wildman–Crippen MR) is 62.8 cm³/mol. The number of rotatable bonds is 3. The standard InChI is InChI=1S/C11H18N4O2/c1-13-3-5-15(6-4-13)11(16)9-17-10-7-12-14(2)8-10/h7-8H,3-6,9H2,1-2H3. The second kappa shape index (κ2) is 5.18. The van der Waals surface area contributed by atoms with E-state index in [1.807, 2.05) is 11.9 Å². The molecule has 1 aromatic heterocycles. The first-order chi connectivity index (χ1) is 8.15. The molecule has 2 rings (SSSR count). The van der Waals surface area contributed by atoms with Crippen LogP contribution in [0.25, 0.3) is 0 Å². The van der Waals surface area contributed by atoms with Gasteiger partial charge in [-0.25, -0.2) is 0 Å². The minimum Gasteiger partial charge on any atom is -0.480 e. The lowest BCUT2D eigenvalue weighted by molar-refractivity contribution is -0.134. The van der Waals surface area contributed by atoms with E-state index in [1.54, 1.807) is 17.1 Å². The molecule has 1 fully saturated rings. The third-order valence-electron chi connectivity index (χ3n) is 2.90. The topological polar surface area (TPSA) is 50.6 Å². The first kappa shape index (κ1) is 11.9. The second-order valence-corrected chi connectivity index (χ2v) is 4.32. The van der Waals surface area contributed by atoms with Gasteiger partial charge in [0.15, 0.2) is 12.4 Å². The zero-order valence-electron chi connectivity index (χ0n) is 10.3. The van der Waals surface area contributed by atoms with E-state index >= 15 is 0 Å². The highest BCUT2D eigenvalue weighted by Gasteiger charge is 2.19. The Bertz CT molecular complexity index is 383. The Labute approximate surface area is 101 Å². The third kappa shape index (κ3) is 3.20. The van der Waals surface area contributed by atoms with Crippen molar-refractivity contribution < 1.29 is 9.53 Å².